The van der Waals surface area contributed by atoms with Crippen LogP contribution < -0.4 is 11.2 Å². The van der Waals surface area contributed by atoms with E-state index in [4.69, 9.17) is 15.3 Å². The molecule has 0 saturated carbocycles. The van der Waals surface area contributed by atoms with Crippen molar-refractivity contribution in [2.45, 2.75) is 44.4 Å². The molecule has 2 heterocycles. The summed E-state index contributed by atoms with van der Waals surface area (Å²) in [5.74, 6) is 0. The number of ether oxygens (including phenoxy) is 1. The molecule has 20 heavy (non-hydrogen) atoms. The molecule has 1 aliphatic rings. The van der Waals surface area contributed by atoms with Crippen LogP contribution in [-0.4, -0.2) is 49.4 Å². The summed E-state index contributed by atoms with van der Waals surface area (Å²) in [6.45, 7) is 3.08. The molecule has 1 saturated heterocycles. The quantitative estimate of drug-likeness (QED) is 0.529. The smallest absolute Gasteiger partial charge is 0.332 e. The number of aliphatic hydroxyl groups excluding tert-OH is 3. The maximum Gasteiger partial charge on any atom is 0.332 e. The van der Waals surface area contributed by atoms with Gasteiger partial charge in [0.15, 0.2) is 6.23 Å². The normalized spacial score (nSPS) is 30.1. The Morgan fingerprint density at radius 3 is 2.55 bits per heavy atom. The number of hydrogen-bond acceptors (Lipinski definition) is 6. The average Bonchev–Trinajstić information content (AvgIpc) is 2.66. The molecule has 1 fully saturated rings. The van der Waals surface area contributed by atoms with E-state index < -0.39 is 36.8 Å². The summed E-state index contributed by atoms with van der Waals surface area (Å²) >= 11 is 0. The van der Waals surface area contributed by atoms with Gasteiger partial charge in [-0.15, -0.1) is 0 Å². The zero-order chi connectivity index (χ0) is 15.0. The first-order valence-corrected chi connectivity index (χ1v) is 6.39. The van der Waals surface area contributed by atoms with E-state index in [9.17, 15) is 15.0 Å². The molecule has 4 atom stereocenters. The van der Waals surface area contributed by atoms with Crippen LogP contribution >= 0.6 is 0 Å². The molecule has 0 radical (unpaired) electrons. The summed E-state index contributed by atoms with van der Waals surface area (Å²) in [7, 11) is 0. The Morgan fingerprint density at radius 1 is 1.40 bits per heavy atom. The fourth-order valence-electron chi connectivity index (χ4n) is 2.32. The molecule has 0 amide bonds. The lowest BCUT2D eigenvalue weighted by Gasteiger charge is -2.20. The van der Waals surface area contributed by atoms with E-state index in [0.29, 0.717) is 0 Å². The van der Waals surface area contributed by atoms with Crippen LogP contribution in [-0.2, 0) is 4.74 Å². The van der Waals surface area contributed by atoms with Crippen molar-refractivity contribution >= 4 is 0 Å². The first-order valence-electron chi connectivity index (χ1n) is 6.39. The lowest BCUT2D eigenvalue weighted by Crippen LogP contribution is -2.43. The van der Waals surface area contributed by atoms with Gasteiger partial charge in [0.05, 0.1) is 6.61 Å². The zero-order valence-electron chi connectivity index (χ0n) is 11.3. The number of rotatable bonds is 3. The maximum absolute atomic E-state index is 12.3. The van der Waals surface area contributed by atoms with Gasteiger partial charge in [0.2, 0.25) is 0 Å². The first-order chi connectivity index (χ1) is 9.38. The van der Waals surface area contributed by atoms with Crippen LogP contribution in [0.25, 0.3) is 0 Å². The van der Waals surface area contributed by atoms with E-state index in [-0.39, 0.29) is 11.5 Å². The van der Waals surface area contributed by atoms with Gasteiger partial charge in [-0.1, -0.05) is 0 Å². The Morgan fingerprint density at radius 2 is 2.05 bits per heavy atom. The molecule has 4 N–H and O–H groups in total. The lowest BCUT2D eigenvalue weighted by molar-refractivity contribution is -0.0557. The average molecular weight is 285 g/mol. The van der Waals surface area contributed by atoms with E-state index in [1.165, 1.54) is 16.8 Å². The summed E-state index contributed by atoms with van der Waals surface area (Å²) in [5, 5.41) is 36.4. The third-order valence-electron chi connectivity index (χ3n) is 3.39. The molecule has 0 bridgehead atoms. The molecule has 112 valence electrons. The molecular weight excluding hydrogens is 266 g/mol. The molecule has 0 spiro atoms. The number of aromatic nitrogens is 2. The fourth-order valence-corrected chi connectivity index (χ4v) is 2.32. The number of nitrogens with one attached hydrogen (secondary N) is 1. The van der Waals surface area contributed by atoms with Gasteiger partial charge in [-0.25, -0.2) is 4.79 Å². The predicted molar refractivity (Wildman–Crippen MR) is 67.9 cm³/mol. The van der Waals surface area contributed by atoms with Gasteiger partial charge in [0.1, 0.15) is 23.8 Å². The highest BCUT2D eigenvalue weighted by molar-refractivity contribution is 4.94. The first kappa shape index (κ1) is 14.9. The van der Waals surface area contributed by atoms with Crippen molar-refractivity contribution in [1.29, 1.82) is 5.41 Å². The molecule has 1 aliphatic heterocycles. The minimum absolute atomic E-state index is 0.0491. The number of aliphatic hydroxyl groups is 3. The van der Waals surface area contributed by atoms with Crippen molar-refractivity contribution in [3.05, 3.63) is 28.2 Å². The van der Waals surface area contributed by atoms with Crippen molar-refractivity contribution in [3.8, 4) is 0 Å². The van der Waals surface area contributed by atoms with Crippen LogP contribution in [0.1, 0.15) is 26.1 Å². The second-order valence-electron chi connectivity index (χ2n) is 5.08. The van der Waals surface area contributed by atoms with Crippen LogP contribution in [0.2, 0.25) is 0 Å². The van der Waals surface area contributed by atoms with Gasteiger partial charge < -0.3 is 20.1 Å². The van der Waals surface area contributed by atoms with Gasteiger partial charge in [-0.05, 0) is 19.9 Å². The Hall–Kier alpha value is -1.48. The van der Waals surface area contributed by atoms with E-state index in [1.807, 2.05) is 0 Å². The standard InChI is InChI=1S/C12H19N3O5/c1-6(2)15-8(13)3-4-14(12(15)19)11-10(18)9(17)7(5-16)20-11/h3-4,6-7,9-11,13,16-18H,5H2,1-2H3/t7-,9?,10?,11-/m1/s1. The van der Waals surface area contributed by atoms with Crippen LogP contribution in [0, 0.1) is 5.41 Å². The van der Waals surface area contributed by atoms with Crippen LogP contribution in [0.4, 0.5) is 0 Å². The maximum atomic E-state index is 12.3. The topological polar surface area (TPSA) is 121 Å². The van der Waals surface area contributed by atoms with Crippen molar-refractivity contribution in [2.75, 3.05) is 6.61 Å². The predicted octanol–water partition coefficient (Wildman–Crippen LogP) is -1.68. The highest BCUT2D eigenvalue weighted by Crippen LogP contribution is 2.27. The van der Waals surface area contributed by atoms with Crippen LogP contribution in [0.15, 0.2) is 17.1 Å². The van der Waals surface area contributed by atoms with Gasteiger partial charge in [-0.2, -0.15) is 0 Å². The highest BCUT2D eigenvalue weighted by Gasteiger charge is 2.43. The monoisotopic (exact) mass is 285 g/mol. The third kappa shape index (κ3) is 2.31. The molecule has 0 aromatic carbocycles. The SMILES string of the molecule is CC(C)n1c(=N)ccn([C@@H]2O[C@H](CO)C(O)C2O)c1=O. The third-order valence-corrected chi connectivity index (χ3v) is 3.39. The van der Waals surface area contributed by atoms with Crippen LogP contribution in [0.5, 0.6) is 0 Å². The highest BCUT2D eigenvalue weighted by atomic mass is 16.6. The number of hydrogen-bond donors (Lipinski definition) is 4. The molecule has 0 aliphatic carbocycles. The minimum Gasteiger partial charge on any atom is -0.394 e. The lowest BCUT2D eigenvalue weighted by atomic mass is 10.1. The Kier molecular flexibility index (Phi) is 4.09. The molecule has 1 aromatic heterocycles. The van der Waals surface area contributed by atoms with E-state index >= 15 is 0 Å². The molecule has 1 aromatic rings. The molecular formula is C12H19N3O5. The van der Waals surface area contributed by atoms with E-state index in [0.717, 1.165) is 4.57 Å². The summed E-state index contributed by atoms with van der Waals surface area (Å²) in [6, 6.07) is 1.19. The summed E-state index contributed by atoms with van der Waals surface area (Å²) in [6.07, 6.45) is -3.27. The Bertz CT molecular complexity index is 593. The fraction of sp³-hybridized carbons (Fsp3) is 0.667. The summed E-state index contributed by atoms with van der Waals surface area (Å²) in [4.78, 5) is 12.3. The van der Waals surface area contributed by atoms with Gasteiger partial charge in [-0.3, -0.25) is 14.5 Å². The summed E-state index contributed by atoms with van der Waals surface area (Å²) in [5.41, 5.74) is -0.463. The summed E-state index contributed by atoms with van der Waals surface area (Å²) < 4.78 is 7.69. The van der Waals surface area contributed by atoms with Gasteiger partial charge in [0, 0.05) is 12.2 Å². The molecule has 8 heteroatoms. The van der Waals surface area contributed by atoms with Crippen molar-refractivity contribution in [3.63, 3.8) is 0 Å². The minimum atomic E-state index is -1.32. The van der Waals surface area contributed by atoms with Crippen molar-refractivity contribution in [2.24, 2.45) is 0 Å². The Labute approximate surface area is 115 Å². The van der Waals surface area contributed by atoms with E-state index in [2.05, 4.69) is 0 Å². The number of nitrogens with zero attached hydrogens (tertiary/aromatic N) is 2. The van der Waals surface area contributed by atoms with E-state index in [1.54, 1.807) is 13.8 Å². The second kappa shape index (κ2) is 5.49. The van der Waals surface area contributed by atoms with Crippen molar-refractivity contribution in [1.82, 2.24) is 9.13 Å². The van der Waals surface area contributed by atoms with Crippen LogP contribution in [0.3, 0.4) is 0 Å². The van der Waals surface area contributed by atoms with Crippen molar-refractivity contribution < 1.29 is 20.1 Å². The van der Waals surface area contributed by atoms with Gasteiger partial charge in [0.25, 0.3) is 0 Å². The largest absolute Gasteiger partial charge is 0.394 e. The Balaban J connectivity index is 2.47. The molecule has 8 nitrogen and oxygen atoms in total. The zero-order valence-corrected chi connectivity index (χ0v) is 11.3. The second-order valence-corrected chi connectivity index (χ2v) is 5.08. The molecule has 2 rings (SSSR count). The molecule has 2 unspecified atom stereocenters. The van der Waals surface area contributed by atoms with Gasteiger partial charge >= 0.3 is 5.69 Å².